The van der Waals surface area contributed by atoms with E-state index in [9.17, 15) is 14.0 Å². The molecule has 2 heterocycles. The largest absolute Gasteiger partial charge is 0.368 e. The summed E-state index contributed by atoms with van der Waals surface area (Å²) in [7, 11) is 0. The molecule has 0 N–H and O–H groups in total. The van der Waals surface area contributed by atoms with E-state index in [0.29, 0.717) is 47.2 Å². The number of nitrogens with zero attached hydrogens (tertiary/aromatic N) is 3. The monoisotopic (exact) mass is 409 g/mol. The fourth-order valence-corrected chi connectivity index (χ4v) is 4.27. The van der Waals surface area contributed by atoms with Gasteiger partial charge in [-0.2, -0.15) is 0 Å². The number of hydrogen-bond acceptors (Lipinski definition) is 5. The number of thiazole rings is 1. The van der Waals surface area contributed by atoms with E-state index in [4.69, 9.17) is 0 Å². The van der Waals surface area contributed by atoms with Crippen LogP contribution in [0.15, 0.2) is 54.7 Å². The van der Waals surface area contributed by atoms with Gasteiger partial charge in [0.1, 0.15) is 15.7 Å². The molecule has 1 fully saturated rings. The molecular formula is C22H20FN3O2S. The van der Waals surface area contributed by atoms with E-state index < -0.39 is 0 Å². The van der Waals surface area contributed by atoms with E-state index in [2.05, 4.69) is 9.88 Å². The number of ketones is 1. The number of piperazine rings is 1. The van der Waals surface area contributed by atoms with Gasteiger partial charge < -0.3 is 9.80 Å². The van der Waals surface area contributed by atoms with Crippen molar-refractivity contribution in [2.24, 2.45) is 0 Å². The molecule has 0 aliphatic carbocycles. The van der Waals surface area contributed by atoms with Crippen molar-refractivity contribution in [2.45, 2.75) is 6.92 Å². The van der Waals surface area contributed by atoms with E-state index in [0.717, 1.165) is 5.69 Å². The van der Waals surface area contributed by atoms with Gasteiger partial charge in [0.25, 0.3) is 5.91 Å². The van der Waals surface area contributed by atoms with Crippen LogP contribution in [0.1, 0.15) is 27.0 Å². The maximum absolute atomic E-state index is 14.0. The lowest BCUT2D eigenvalue weighted by Gasteiger charge is -2.36. The molecule has 1 saturated heterocycles. The van der Waals surface area contributed by atoms with Crippen LogP contribution in [0.25, 0.3) is 10.6 Å². The SMILES string of the molecule is CC(=O)c1ccc(N2CCN(C(=O)c3cnc(-c4ccccc4F)s3)CC2)cc1. The molecule has 1 aromatic heterocycles. The van der Waals surface area contributed by atoms with Gasteiger partial charge in [0, 0.05) is 43.0 Å². The zero-order valence-corrected chi connectivity index (χ0v) is 16.8. The summed E-state index contributed by atoms with van der Waals surface area (Å²) in [6, 6.07) is 14.0. The standard InChI is InChI=1S/C22H20FN3O2S/c1-15(27)16-6-8-17(9-7-16)25-10-12-26(13-11-25)22(28)20-14-24-21(29-20)18-4-2-3-5-19(18)23/h2-9,14H,10-13H2,1H3. The quantitative estimate of drug-likeness (QED) is 0.609. The Kier molecular flexibility index (Phi) is 5.40. The van der Waals surface area contributed by atoms with E-state index in [-0.39, 0.29) is 17.5 Å². The minimum absolute atomic E-state index is 0.0475. The molecule has 0 atom stereocenters. The number of carbonyl (C=O) groups excluding carboxylic acids is 2. The summed E-state index contributed by atoms with van der Waals surface area (Å²) in [4.78, 5) is 33.0. The number of carbonyl (C=O) groups is 2. The van der Waals surface area contributed by atoms with Crippen molar-refractivity contribution >= 4 is 28.7 Å². The molecule has 1 aliphatic rings. The smallest absolute Gasteiger partial charge is 0.265 e. The summed E-state index contributed by atoms with van der Waals surface area (Å²) < 4.78 is 14.0. The molecule has 4 rings (SSSR count). The van der Waals surface area contributed by atoms with Crippen LogP contribution in [-0.2, 0) is 0 Å². The number of anilines is 1. The Morgan fingerprint density at radius 3 is 2.34 bits per heavy atom. The normalized spacial score (nSPS) is 14.1. The van der Waals surface area contributed by atoms with Crippen LogP contribution in [0.2, 0.25) is 0 Å². The van der Waals surface area contributed by atoms with Gasteiger partial charge in [-0.3, -0.25) is 9.59 Å². The second kappa shape index (κ2) is 8.13. The van der Waals surface area contributed by atoms with Crippen LogP contribution in [-0.4, -0.2) is 47.8 Å². The fraction of sp³-hybridized carbons (Fsp3) is 0.227. The molecule has 0 radical (unpaired) electrons. The van der Waals surface area contributed by atoms with E-state index in [1.807, 2.05) is 24.3 Å². The second-order valence-corrected chi connectivity index (χ2v) is 7.92. The lowest BCUT2D eigenvalue weighted by Crippen LogP contribution is -2.48. The molecular weight excluding hydrogens is 389 g/mol. The highest BCUT2D eigenvalue weighted by Crippen LogP contribution is 2.28. The number of aromatic nitrogens is 1. The van der Waals surface area contributed by atoms with Crippen molar-refractivity contribution in [1.82, 2.24) is 9.88 Å². The van der Waals surface area contributed by atoms with Gasteiger partial charge in [-0.1, -0.05) is 12.1 Å². The van der Waals surface area contributed by atoms with Crippen molar-refractivity contribution in [3.05, 3.63) is 71.0 Å². The molecule has 0 spiro atoms. The van der Waals surface area contributed by atoms with Crippen LogP contribution < -0.4 is 4.90 Å². The van der Waals surface area contributed by atoms with Crippen LogP contribution in [0.3, 0.4) is 0 Å². The third-order valence-electron chi connectivity index (χ3n) is 5.03. The zero-order chi connectivity index (χ0) is 20.4. The highest BCUT2D eigenvalue weighted by atomic mass is 32.1. The number of amides is 1. The van der Waals surface area contributed by atoms with Crippen molar-refractivity contribution < 1.29 is 14.0 Å². The molecule has 5 nitrogen and oxygen atoms in total. The van der Waals surface area contributed by atoms with Gasteiger partial charge in [-0.25, -0.2) is 9.37 Å². The summed E-state index contributed by atoms with van der Waals surface area (Å²) in [5.74, 6) is -0.367. The summed E-state index contributed by atoms with van der Waals surface area (Å²) >= 11 is 1.22. The first-order chi connectivity index (χ1) is 14.0. The van der Waals surface area contributed by atoms with Crippen molar-refractivity contribution in [1.29, 1.82) is 0 Å². The zero-order valence-electron chi connectivity index (χ0n) is 16.0. The first-order valence-corrected chi connectivity index (χ1v) is 10.2. The number of benzene rings is 2. The number of Topliss-reactive ketones (excluding diaryl/α,β-unsaturated/α-hetero) is 1. The molecule has 7 heteroatoms. The molecule has 1 aliphatic heterocycles. The molecule has 0 bridgehead atoms. The van der Waals surface area contributed by atoms with E-state index >= 15 is 0 Å². The van der Waals surface area contributed by atoms with Crippen LogP contribution >= 0.6 is 11.3 Å². The van der Waals surface area contributed by atoms with E-state index in [1.54, 1.807) is 30.0 Å². The molecule has 2 aromatic carbocycles. The summed E-state index contributed by atoms with van der Waals surface area (Å²) in [5.41, 5.74) is 2.15. The molecule has 148 valence electrons. The molecule has 1 amide bonds. The highest BCUT2D eigenvalue weighted by Gasteiger charge is 2.24. The van der Waals surface area contributed by atoms with E-state index in [1.165, 1.54) is 23.6 Å². The van der Waals surface area contributed by atoms with Gasteiger partial charge in [0.2, 0.25) is 0 Å². The van der Waals surface area contributed by atoms with Crippen LogP contribution in [0.5, 0.6) is 0 Å². The number of rotatable bonds is 4. The molecule has 0 saturated carbocycles. The lowest BCUT2D eigenvalue weighted by atomic mass is 10.1. The van der Waals surface area contributed by atoms with Gasteiger partial charge >= 0.3 is 0 Å². The molecule has 3 aromatic rings. The van der Waals surface area contributed by atoms with Gasteiger partial charge in [0.05, 0.1) is 6.20 Å². The van der Waals surface area contributed by atoms with Crippen LogP contribution in [0, 0.1) is 5.82 Å². The van der Waals surface area contributed by atoms with Crippen molar-refractivity contribution in [3.8, 4) is 10.6 Å². The van der Waals surface area contributed by atoms with Gasteiger partial charge in [-0.15, -0.1) is 11.3 Å². The average Bonchev–Trinajstić information content (AvgIpc) is 3.24. The maximum Gasteiger partial charge on any atom is 0.265 e. The van der Waals surface area contributed by atoms with Gasteiger partial charge in [0.15, 0.2) is 5.78 Å². The minimum Gasteiger partial charge on any atom is -0.368 e. The summed E-state index contributed by atoms with van der Waals surface area (Å²) in [5, 5.41) is 0.510. The minimum atomic E-state index is -0.342. The Morgan fingerprint density at radius 2 is 1.69 bits per heavy atom. The van der Waals surface area contributed by atoms with Crippen molar-refractivity contribution in [2.75, 3.05) is 31.1 Å². The average molecular weight is 409 g/mol. The summed E-state index contributed by atoms with van der Waals surface area (Å²) in [6.45, 7) is 4.17. The summed E-state index contributed by atoms with van der Waals surface area (Å²) in [6.07, 6.45) is 1.53. The Balaban J connectivity index is 1.40. The Bertz CT molecular complexity index is 1040. The van der Waals surface area contributed by atoms with Gasteiger partial charge in [-0.05, 0) is 43.3 Å². The highest BCUT2D eigenvalue weighted by molar-refractivity contribution is 7.16. The van der Waals surface area contributed by atoms with Crippen molar-refractivity contribution in [3.63, 3.8) is 0 Å². The number of halogens is 1. The third-order valence-corrected chi connectivity index (χ3v) is 6.05. The fourth-order valence-electron chi connectivity index (χ4n) is 3.36. The molecule has 0 unspecified atom stereocenters. The number of hydrogen-bond donors (Lipinski definition) is 0. The Hall–Kier alpha value is -3.06. The third kappa shape index (κ3) is 4.05. The van der Waals surface area contributed by atoms with Crippen LogP contribution in [0.4, 0.5) is 10.1 Å². The Morgan fingerprint density at radius 1 is 1.00 bits per heavy atom. The predicted molar refractivity (Wildman–Crippen MR) is 112 cm³/mol. The lowest BCUT2D eigenvalue weighted by molar-refractivity contribution is 0.0751. The maximum atomic E-state index is 14.0. The second-order valence-electron chi connectivity index (χ2n) is 6.89. The first-order valence-electron chi connectivity index (χ1n) is 9.39. The Labute approximate surface area is 172 Å². The molecule has 29 heavy (non-hydrogen) atoms. The topological polar surface area (TPSA) is 53.5 Å². The predicted octanol–water partition coefficient (Wildman–Crippen LogP) is 4.11. The first kappa shape index (κ1) is 19.3.